The summed E-state index contributed by atoms with van der Waals surface area (Å²) in [5, 5.41) is 0. The number of aryl methyl sites for hydroxylation is 1. The second-order valence-electron chi connectivity index (χ2n) is 4.65. The molecule has 0 N–H and O–H groups in total. The zero-order valence-electron chi connectivity index (χ0n) is 11.2. The molecular formula is C15H21N3. The van der Waals surface area contributed by atoms with Crippen LogP contribution in [0.15, 0.2) is 42.7 Å². The maximum absolute atomic E-state index is 4.40. The van der Waals surface area contributed by atoms with E-state index in [1.165, 1.54) is 5.56 Å². The van der Waals surface area contributed by atoms with Crippen LogP contribution in [0.3, 0.4) is 0 Å². The van der Waals surface area contributed by atoms with Gasteiger partial charge in [0.2, 0.25) is 0 Å². The first-order valence-electron chi connectivity index (χ1n) is 6.52. The average Bonchev–Trinajstić information content (AvgIpc) is 2.77. The van der Waals surface area contributed by atoms with Crippen LogP contribution in [-0.4, -0.2) is 21.0 Å². The molecule has 3 heteroatoms. The van der Waals surface area contributed by atoms with Gasteiger partial charge in [-0.15, -0.1) is 0 Å². The Labute approximate surface area is 109 Å². The molecule has 0 amide bonds. The van der Waals surface area contributed by atoms with Crippen molar-refractivity contribution in [2.24, 2.45) is 7.05 Å². The van der Waals surface area contributed by atoms with Crippen molar-refractivity contribution in [3.8, 4) is 0 Å². The Kier molecular flexibility index (Phi) is 4.53. The van der Waals surface area contributed by atoms with E-state index in [9.17, 15) is 0 Å². The Balaban J connectivity index is 2.02. The minimum atomic E-state index is 0.909. The van der Waals surface area contributed by atoms with Crippen molar-refractivity contribution in [2.45, 2.75) is 26.4 Å². The molecule has 0 aliphatic rings. The first kappa shape index (κ1) is 12.8. The van der Waals surface area contributed by atoms with E-state index in [2.05, 4.69) is 58.8 Å². The minimum Gasteiger partial charge on any atom is -0.337 e. The highest BCUT2D eigenvalue weighted by Crippen LogP contribution is 2.09. The molecule has 0 aliphatic carbocycles. The van der Waals surface area contributed by atoms with Crippen molar-refractivity contribution >= 4 is 0 Å². The van der Waals surface area contributed by atoms with Gasteiger partial charge in [0.25, 0.3) is 0 Å². The predicted octanol–water partition coefficient (Wildman–Crippen LogP) is 2.83. The Morgan fingerprint density at radius 1 is 1.17 bits per heavy atom. The van der Waals surface area contributed by atoms with Crippen LogP contribution in [0.4, 0.5) is 0 Å². The zero-order chi connectivity index (χ0) is 12.8. The summed E-state index contributed by atoms with van der Waals surface area (Å²) in [7, 11) is 2.05. The molecule has 1 aromatic carbocycles. The van der Waals surface area contributed by atoms with E-state index in [1.807, 2.05) is 12.4 Å². The van der Waals surface area contributed by atoms with Gasteiger partial charge >= 0.3 is 0 Å². The average molecular weight is 243 g/mol. The fourth-order valence-corrected chi connectivity index (χ4v) is 2.12. The lowest BCUT2D eigenvalue weighted by atomic mass is 10.2. The highest BCUT2D eigenvalue weighted by molar-refractivity contribution is 5.14. The minimum absolute atomic E-state index is 0.909. The maximum atomic E-state index is 4.40. The third-order valence-electron chi connectivity index (χ3n) is 3.07. The molecule has 2 aromatic rings. The van der Waals surface area contributed by atoms with Crippen LogP contribution < -0.4 is 0 Å². The first-order valence-corrected chi connectivity index (χ1v) is 6.52. The van der Waals surface area contributed by atoms with E-state index in [1.54, 1.807) is 0 Å². The van der Waals surface area contributed by atoms with Gasteiger partial charge in [0.1, 0.15) is 5.82 Å². The molecule has 1 aromatic heterocycles. The van der Waals surface area contributed by atoms with Crippen molar-refractivity contribution in [2.75, 3.05) is 6.54 Å². The van der Waals surface area contributed by atoms with Gasteiger partial charge in [-0.25, -0.2) is 4.98 Å². The summed E-state index contributed by atoms with van der Waals surface area (Å²) < 4.78 is 2.09. The molecule has 2 rings (SSSR count). The van der Waals surface area contributed by atoms with Gasteiger partial charge in [0.05, 0.1) is 6.54 Å². The van der Waals surface area contributed by atoms with Crippen LogP contribution in [0.1, 0.15) is 24.7 Å². The summed E-state index contributed by atoms with van der Waals surface area (Å²) in [6, 6.07) is 10.6. The predicted molar refractivity (Wildman–Crippen MR) is 74.1 cm³/mol. The van der Waals surface area contributed by atoms with Crippen LogP contribution >= 0.6 is 0 Å². The second kappa shape index (κ2) is 6.36. The summed E-state index contributed by atoms with van der Waals surface area (Å²) in [5.74, 6) is 1.12. The van der Waals surface area contributed by atoms with Gasteiger partial charge in [0.15, 0.2) is 0 Å². The van der Waals surface area contributed by atoms with Crippen LogP contribution in [0.25, 0.3) is 0 Å². The molecule has 0 saturated carbocycles. The first-order chi connectivity index (χ1) is 8.79. The maximum Gasteiger partial charge on any atom is 0.122 e. The fraction of sp³-hybridized carbons (Fsp3) is 0.400. The van der Waals surface area contributed by atoms with Crippen LogP contribution in [-0.2, 0) is 20.1 Å². The van der Waals surface area contributed by atoms with Crippen molar-refractivity contribution in [3.63, 3.8) is 0 Å². The van der Waals surface area contributed by atoms with E-state index < -0.39 is 0 Å². The number of rotatable bonds is 6. The number of aromatic nitrogens is 2. The molecule has 96 valence electrons. The van der Waals surface area contributed by atoms with Crippen molar-refractivity contribution in [1.29, 1.82) is 0 Å². The zero-order valence-corrected chi connectivity index (χ0v) is 11.2. The lowest BCUT2D eigenvalue weighted by Gasteiger charge is -2.21. The lowest BCUT2D eigenvalue weighted by molar-refractivity contribution is 0.248. The monoisotopic (exact) mass is 243 g/mol. The van der Waals surface area contributed by atoms with E-state index >= 15 is 0 Å². The molecular weight excluding hydrogens is 222 g/mol. The molecule has 0 spiro atoms. The third-order valence-corrected chi connectivity index (χ3v) is 3.07. The molecule has 3 nitrogen and oxygen atoms in total. The molecule has 0 fully saturated rings. The van der Waals surface area contributed by atoms with E-state index in [0.717, 1.165) is 31.9 Å². The lowest BCUT2D eigenvalue weighted by Crippen LogP contribution is -2.25. The quantitative estimate of drug-likeness (QED) is 0.778. The summed E-state index contributed by atoms with van der Waals surface area (Å²) in [4.78, 5) is 6.84. The van der Waals surface area contributed by atoms with E-state index in [-0.39, 0.29) is 0 Å². The largest absolute Gasteiger partial charge is 0.337 e. The summed E-state index contributed by atoms with van der Waals surface area (Å²) in [6.45, 7) is 5.21. The van der Waals surface area contributed by atoms with Gasteiger partial charge in [0, 0.05) is 26.0 Å². The smallest absolute Gasteiger partial charge is 0.122 e. The Hall–Kier alpha value is -1.61. The normalized spacial score (nSPS) is 11.1. The number of nitrogens with zero attached hydrogens (tertiary/aromatic N) is 3. The Morgan fingerprint density at radius 2 is 1.94 bits per heavy atom. The third kappa shape index (κ3) is 3.44. The summed E-state index contributed by atoms with van der Waals surface area (Å²) in [6.07, 6.45) is 5.03. The van der Waals surface area contributed by atoms with Crippen LogP contribution in [0, 0.1) is 0 Å². The van der Waals surface area contributed by atoms with Crippen molar-refractivity contribution in [3.05, 3.63) is 54.1 Å². The van der Waals surface area contributed by atoms with Gasteiger partial charge < -0.3 is 4.57 Å². The molecule has 18 heavy (non-hydrogen) atoms. The molecule has 0 saturated heterocycles. The van der Waals surface area contributed by atoms with Crippen LogP contribution in [0.2, 0.25) is 0 Å². The van der Waals surface area contributed by atoms with E-state index in [0.29, 0.717) is 0 Å². The molecule has 0 atom stereocenters. The summed E-state index contributed by atoms with van der Waals surface area (Å²) >= 11 is 0. The van der Waals surface area contributed by atoms with E-state index in [4.69, 9.17) is 0 Å². The topological polar surface area (TPSA) is 21.1 Å². The summed E-state index contributed by atoms with van der Waals surface area (Å²) in [5.41, 5.74) is 1.36. The Morgan fingerprint density at radius 3 is 2.56 bits per heavy atom. The Bertz CT molecular complexity index is 462. The fourth-order valence-electron chi connectivity index (χ4n) is 2.12. The molecule has 0 unspecified atom stereocenters. The van der Waals surface area contributed by atoms with Gasteiger partial charge in [-0.2, -0.15) is 0 Å². The molecule has 1 heterocycles. The molecule has 0 aliphatic heterocycles. The van der Waals surface area contributed by atoms with Crippen LogP contribution in [0.5, 0.6) is 0 Å². The van der Waals surface area contributed by atoms with Gasteiger partial charge in [-0.3, -0.25) is 4.90 Å². The number of hydrogen-bond donors (Lipinski definition) is 0. The number of imidazole rings is 1. The van der Waals surface area contributed by atoms with Gasteiger partial charge in [-0.05, 0) is 18.5 Å². The number of benzene rings is 1. The molecule has 0 radical (unpaired) electrons. The number of hydrogen-bond acceptors (Lipinski definition) is 2. The molecule has 0 bridgehead atoms. The standard InChI is InChI=1S/C15H21N3/c1-3-10-18(12-14-7-5-4-6-8-14)13-15-16-9-11-17(15)2/h4-9,11H,3,10,12-13H2,1-2H3. The SMILES string of the molecule is CCCN(Cc1ccccc1)Cc1nccn1C. The van der Waals surface area contributed by atoms with Gasteiger partial charge in [-0.1, -0.05) is 37.3 Å². The highest BCUT2D eigenvalue weighted by atomic mass is 15.2. The van der Waals surface area contributed by atoms with Crippen molar-refractivity contribution < 1.29 is 0 Å². The van der Waals surface area contributed by atoms with Crippen molar-refractivity contribution in [1.82, 2.24) is 14.5 Å². The highest BCUT2D eigenvalue weighted by Gasteiger charge is 2.08. The second-order valence-corrected chi connectivity index (χ2v) is 4.65.